The van der Waals surface area contributed by atoms with Gasteiger partial charge in [0.05, 0.1) is 0 Å². The zero-order valence-corrected chi connectivity index (χ0v) is 44.8. The Morgan fingerprint density at radius 1 is 0.333 bits per heavy atom. The van der Waals surface area contributed by atoms with Crippen LogP contribution in [0.1, 0.15) is 141 Å². The number of para-hydroxylation sites is 3. The second-order valence-corrected chi connectivity index (χ2v) is 18.4. The zero-order valence-electron chi connectivity index (χ0n) is 44.8. The summed E-state index contributed by atoms with van der Waals surface area (Å²) in [4.78, 5) is 0. The van der Waals surface area contributed by atoms with Crippen LogP contribution in [-0.4, -0.2) is 0 Å². The molecule has 7 aromatic carbocycles. The van der Waals surface area contributed by atoms with E-state index in [-0.39, 0.29) is 0 Å². The van der Waals surface area contributed by atoms with Gasteiger partial charge < -0.3 is 40.1 Å². The summed E-state index contributed by atoms with van der Waals surface area (Å²) in [6, 6.07) is 48.4. The third-order valence-corrected chi connectivity index (χ3v) is 11.3. The minimum Gasteiger partial charge on any atom is -0.399 e. The third kappa shape index (κ3) is 23.6. The summed E-state index contributed by atoms with van der Waals surface area (Å²) in [6.07, 6.45) is 3.14. The molecule has 0 atom stereocenters. The normalized spacial score (nSPS) is 9.99. The zero-order chi connectivity index (χ0) is 52.2. The van der Waals surface area contributed by atoms with Gasteiger partial charge in [0.2, 0.25) is 0 Å². The maximum absolute atomic E-state index is 6.09. The van der Waals surface area contributed by atoms with Gasteiger partial charge in [-0.25, -0.2) is 0 Å². The fraction of sp³-hybridized carbons (Fsp3) is 0.323. The van der Waals surface area contributed by atoms with Gasteiger partial charge >= 0.3 is 0 Å². The van der Waals surface area contributed by atoms with Crippen molar-refractivity contribution in [2.75, 3.05) is 40.1 Å². The standard InChI is InChI=1S/C12H19N.C10H15N.C9H13N.3C8H11N.C7H9N/c1-8(2)10-6-5-7-11(9(3)4)12(10)13;1-3-8-6-5-7-9(4-2)10(8)11;1-7(2)8-3-5-9(10)6-4-8;1-6-3-7(2)5-8(9)4-6;1-6-4-3-5-7(2)8(6)9;1-2-7-3-5-8(9)6-4-7;1-6-2-4-7(8)5-3-6/h5-9H,13H2,1-4H3;5-7H,3-4,11H2,1-2H3;3-7H,10H2,1-2H3;2*3-5H,9H2,1-2H3;3-6H,2,9H2,1H3;2-5H,8H2,1H3. The van der Waals surface area contributed by atoms with E-state index in [1.165, 1.54) is 50.1 Å². The van der Waals surface area contributed by atoms with Crippen LogP contribution in [0.5, 0.6) is 0 Å². The first-order chi connectivity index (χ1) is 32.5. The van der Waals surface area contributed by atoms with Gasteiger partial charge in [0.1, 0.15) is 0 Å². The molecule has 69 heavy (non-hydrogen) atoms. The molecule has 7 heteroatoms. The smallest absolute Gasteiger partial charge is 0.0384 e. The number of rotatable bonds is 6. The molecule has 0 heterocycles. The number of anilines is 7. The molecule has 0 aromatic heterocycles. The molecule has 0 spiro atoms. The van der Waals surface area contributed by atoms with E-state index in [2.05, 4.69) is 129 Å². The van der Waals surface area contributed by atoms with E-state index < -0.39 is 0 Å². The molecule has 0 unspecified atom stereocenters. The molecule has 0 radical (unpaired) electrons. The first-order valence-electron chi connectivity index (χ1n) is 24.5. The van der Waals surface area contributed by atoms with Crippen LogP contribution in [0.25, 0.3) is 0 Å². The monoisotopic (exact) mass is 932 g/mol. The average molecular weight is 932 g/mol. The van der Waals surface area contributed by atoms with E-state index >= 15 is 0 Å². The van der Waals surface area contributed by atoms with Gasteiger partial charge in [0.25, 0.3) is 0 Å². The topological polar surface area (TPSA) is 182 Å². The largest absolute Gasteiger partial charge is 0.399 e. The van der Waals surface area contributed by atoms with E-state index in [4.69, 9.17) is 40.1 Å². The van der Waals surface area contributed by atoms with Crippen LogP contribution in [-0.2, 0) is 19.3 Å². The lowest BCUT2D eigenvalue weighted by atomic mass is 9.93. The van der Waals surface area contributed by atoms with Gasteiger partial charge in [-0.1, -0.05) is 165 Å². The number of hydrogen-bond donors (Lipinski definition) is 7. The van der Waals surface area contributed by atoms with Gasteiger partial charge in [0.15, 0.2) is 0 Å². The average Bonchev–Trinajstić information content (AvgIpc) is 3.30. The Labute approximate surface area is 418 Å². The molecule has 0 amide bonds. The maximum atomic E-state index is 6.09. The van der Waals surface area contributed by atoms with Crippen molar-refractivity contribution < 1.29 is 0 Å². The highest BCUT2D eigenvalue weighted by Gasteiger charge is 2.10. The van der Waals surface area contributed by atoms with Gasteiger partial charge in [-0.05, 0) is 176 Å². The second-order valence-electron chi connectivity index (χ2n) is 18.4. The van der Waals surface area contributed by atoms with Crippen molar-refractivity contribution in [3.05, 3.63) is 207 Å². The highest BCUT2D eigenvalue weighted by Crippen LogP contribution is 2.29. The van der Waals surface area contributed by atoms with Crippen LogP contribution in [0.15, 0.2) is 146 Å². The Kier molecular flexibility index (Phi) is 27.9. The predicted octanol–water partition coefficient (Wildman–Crippen LogP) is 15.5. The Balaban J connectivity index is 0.000000404. The summed E-state index contributed by atoms with van der Waals surface area (Å²) >= 11 is 0. The van der Waals surface area contributed by atoms with Crippen molar-refractivity contribution in [1.82, 2.24) is 0 Å². The summed E-state index contributed by atoms with van der Waals surface area (Å²) in [5.74, 6) is 1.62. The number of nitrogen functional groups attached to an aromatic ring is 7. The molecular formula is C62H89N7. The predicted molar refractivity (Wildman–Crippen MR) is 310 cm³/mol. The fourth-order valence-electron chi connectivity index (χ4n) is 6.93. The molecule has 0 saturated carbocycles. The fourth-order valence-corrected chi connectivity index (χ4v) is 6.93. The van der Waals surface area contributed by atoms with E-state index in [0.29, 0.717) is 17.8 Å². The first-order valence-corrected chi connectivity index (χ1v) is 24.5. The molecule has 0 fully saturated rings. The van der Waals surface area contributed by atoms with Crippen LogP contribution >= 0.6 is 0 Å². The van der Waals surface area contributed by atoms with Crippen molar-refractivity contribution in [3.63, 3.8) is 0 Å². The lowest BCUT2D eigenvalue weighted by molar-refractivity contribution is 0.840. The quantitative estimate of drug-likeness (QED) is 0.0810. The van der Waals surface area contributed by atoms with Crippen LogP contribution in [0, 0.1) is 34.6 Å². The minimum atomic E-state index is 0.513. The summed E-state index contributed by atoms with van der Waals surface area (Å²) in [7, 11) is 0. The number of benzene rings is 7. The van der Waals surface area contributed by atoms with Crippen LogP contribution in [0.2, 0.25) is 0 Å². The molecule has 14 N–H and O–H groups in total. The Morgan fingerprint density at radius 3 is 1.04 bits per heavy atom. The summed E-state index contributed by atoms with van der Waals surface area (Å²) in [5.41, 5.74) is 59.7. The van der Waals surface area contributed by atoms with E-state index in [1.54, 1.807) is 0 Å². The summed E-state index contributed by atoms with van der Waals surface area (Å²) in [5, 5.41) is 0. The number of hydrogen-bond acceptors (Lipinski definition) is 7. The van der Waals surface area contributed by atoms with Crippen LogP contribution in [0.3, 0.4) is 0 Å². The van der Waals surface area contributed by atoms with Crippen LogP contribution in [0.4, 0.5) is 39.8 Å². The molecule has 7 nitrogen and oxygen atoms in total. The molecule has 7 rings (SSSR count). The minimum absolute atomic E-state index is 0.513. The molecule has 0 aliphatic rings. The van der Waals surface area contributed by atoms with Gasteiger partial charge in [-0.15, -0.1) is 0 Å². The summed E-state index contributed by atoms with van der Waals surface area (Å²) in [6.45, 7) is 29.6. The van der Waals surface area contributed by atoms with E-state index in [9.17, 15) is 0 Å². The highest BCUT2D eigenvalue weighted by molar-refractivity contribution is 5.56. The van der Waals surface area contributed by atoms with Crippen molar-refractivity contribution in [2.24, 2.45) is 0 Å². The van der Waals surface area contributed by atoms with Crippen molar-refractivity contribution in [2.45, 2.75) is 134 Å². The molecule has 0 aliphatic heterocycles. The van der Waals surface area contributed by atoms with Gasteiger partial charge in [0, 0.05) is 39.8 Å². The van der Waals surface area contributed by atoms with Crippen molar-refractivity contribution in [3.8, 4) is 0 Å². The molecule has 0 saturated heterocycles. The van der Waals surface area contributed by atoms with E-state index in [0.717, 1.165) is 70.2 Å². The molecule has 372 valence electrons. The number of aryl methyl sites for hydroxylation is 8. The third-order valence-electron chi connectivity index (χ3n) is 11.3. The number of nitrogens with two attached hydrogens (primary N) is 7. The Morgan fingerprint density at radius 2 is 0.710 bits per heavy atom. The van der Waals surface area contributed by atoms with Crippen molar-refractivity contribution in [1.29, 1.82) is 0 Å². The first kappa shape index (κ1) is 60.2. The lowest BCUT2D eigenvalue weighted by Gasteiger charge is -2.15. The second kappa shape index (κ2) is 32.0. The Hall–Kier alpha value is -6.86. The SMILES string of the molecule is CC(C)c1ccc(N)cc1.CC(C)c1cccc(C(C)C)c1N.CCc1ccc(N)cc1.CCc1cccc(CC)c1N.Cc1cc(C)cc(N)c1.Cc1ccc(N)cc1.Cc1cccc(C)c1N. The van der Waals surface area contributed by atoms with Gasteiger partial charge in [-0.2, -0.15) is 0 Å². The van der Waals surface area contributed by atoms with Gasteiger partial charge in [-0.3, -0.25) is 0 Å². The molecule has 7 aromatic rings. The summed E-state index contributed by atoms with van der Waals surface area (Å²) < 4.78 is 0. The van der Waals surface area contributed by atoms with Crippen LogP contribution < -0.4 is 40.1 Å². The molecular weight excluding hydrogens is 843 g/mol. The Bertz CT molecular complexity index is 2350. The molecule has 0 aliphatic carbocycles. The molecule has 0 bridgehead atoms. The lowest BCUT2D eigenvalue weighted by Crippen LogP contribution is -2.02. The van der Waals surface area contributed by atoms with Crippen molar-refractivity contribution >= 4 is 39.8 Å². The van der Waals surface area contributed by atoms with E-state index in [1.807, 2.05) is 113 Å². The highest BCUT2D eigenvalue weighted by atomic mass is 14.6. The maximum Gasteiger partial charge on any atom is 0.0384 e.